The molecule has 0 saturated heterocycles. The van der Waals surface area contributed by atoms with Gasteiger partial charge in [0, 0.05) is 10.6 Å². The van der Waals surface area contributed by atoms with Crippen LogP contribution < -0.4 is 11.1 Å². The van der Waals surface area contributed by atoms with Crippen LogP contribution in [0, 0.1) is 6.92 Å². The first kappa shape index (κ1) is 18.3. The first-order valence-electron chi connectivity index (χ1n) is 8.41. The van der Waals surface area contributed by atoms with Crippen LogP contribution >= 0.6 is 23.1 Å². The molecule has 0 unspecified atom stereocenters. The van der Waals surface area contributed by atoms with E-state index in [2.05, 4.69) is 41.9 Å². The van der Waals surface area contributed by atoms with E-state index in [1.807, 2.05) is 42.6 Å². The predicted molar refractivity (Wildman–Crippen MR) is 110 cm³/mol. The number of hydrogen-bond donors (Lipinski definition) is 2. The molecule has 3 N–H and O–H groups in total. The largest absolute Gasteiger partial charge is 0.368 e. The molecule has 0 bridgehead atoms. The van der Waals surface area contributed by atoms with Gasteiger partial charge in [-0.15, -0.1) is 16.4 Å². The number of rotatable bonds is 7. The summed E-state index contributed by atoms with van der Waals surface area (Å²) in [6, 6.07) is 12.0. The topological polar surface area (TPSA) is 120 Å². The number of nitrogens with one attached hydrogen (secondary N) is 1. The lowest BCUT2D eigenvalue weighted by atomic mass is 10.2. The van der Waals surface area contributed by atoms with Crippen LogP contribution in [0.1, 0.15) is 16.3 Å². The highest BCUT2D eigenvalue weighted by Gasteiger charge is 2.11. The van der Waals surface area contributed by atoms with Gasteiger partial charge in [0.2, 0.25) is 17.1 Å². The van der Waals surface area contributed by atoms with Gasteiger partial charge in [0.15, 0.2) is 0 Å². The van der Waals surface area contributed by atoms with Crippen molar-refractivity contribution in [3.63, 3.8) is 0 Å². The average Bonchev–Trinajstić information content (AvgIpc) is 3.34. The Balaban J connectivity index is 1.45. The van der Waals surface area contributed by atoms with E-state index in [1.54, 1.807) is 16.0 Å². The van der Waals surface area contributed by atoms with Gasteiger partial charge in [-0.05, 0) is 40.9 Å². The Morgan fingerprint density at radius 2 is 2.00 bits per heavy atom. The number of thioether (sulfide) groups is 1. The standard InChI is InChI=1S/C17H17N9S2/c1-11-4-6-12(7-5-11)19-16-21-14(20-15(18)22-16)10-28-17-23-24-25-26(17)9-13-3-2-8-27-13/h2-8H,9-10H2,1H3,(H3,18,19,20,21,22). The fourth-order valence-electron chi connectivity index (χ4n) is 2.40. The molecule has 0 amide bonds. The molecular formula is C17H17N9S2. The Bertz CT molecular complexity index is 1040. The average molecular weight is 412 g/mol. The molecule has 0 saturated carbocycles. The number of aromatic nitrogens is 7. The van der Waals surface area contributed by atoms with Gasteiger partial charge in [0.1, 0.15) is 5.82 Å². The molecule has 0 fully saturated rings. The monoisotopic (exact) mass is 411 g/mol. The van der Waals surface area contributed by atoms with Crippen LogP contribution in [0.3, 0.4) is 0 Å². The molecule has 0 aliphatic carbocycles. The van der Waals surface area contributed by atoms with E-state index in [4.69, 9.17) is 5.73 Å². The van der Waals surface area contributed by atoms with Crippen molar-refractivity contribution < 1.29 is 0 Å². The van der Waals surface area contributed by atoms with E-state index in [1.165, 1.54) is 22.2 Å². The number of anilines is 3. The minimum atomic E-state index is 0.165. The Morgan fingerprint density at radius 3 is 2.79 bits per heavy atom. The Morgan fingerprint density at radius 1 is 1.14 bits per heavy atom. The quantitative estimate of drug-likeness (QED) is 0.442. The van der Waals surface area contributed by atoms with Crippen LogP contribution in [0.25, 0.3) is 0 Å². The first-order valence-corrected chi connectivity index (χ1v) is 10.3. The normalized spacial score (nSPS) is 10.9. The van der Waals surface area contributed by atoms with Gasteiger partial charge in [-0.2, -0.15) is 15.0 Å². The maximum Gasteiger partial charge on any atom is 0.232 e. The third-order valence-corrected chi connectivity index (χ3v) is 5.54. The van der Waals surface area contributed by atoms with Crippen LogP contribution in [-0.4, -0.2) is 35.2 Å². The van der Waals surface area contributed by atoms with Crippen molar-refractivity contribution in [1.82, 2.24) is 35.2 Å². The number of aryl methyl sites for hydroxylation is 1. The van der Waals surface area contributed by atoms with Gasteiger partial charge in [-0.1, -0.05) is 35.5 Å². The number of thiophene rings is 1. The number of nitrogen functional groups attached to an aromatic ring is 1. The lowest BCUT2D eigenvalue weighted by Crippen LogP contribution is -2.07. The van der Waals surface area contributed by atoms with Crippen molar-refractivity contribution in [2.75, 3.05) is 11.1 Å². The number of nitrogens with zero attached hydrogens (tertiary/aromatic N) is 7. The summed E-state index contributed by atoms with van der Waals surface area (Å²) in [7, 11) is 0. The minimum absolute atomic E-state index is 0.165. The Kier molecular flexibility index (Phi) is 5.44. The van der Waals surface area contributed by atoms with E-state index >= 15 is 0 Å². The molecule has 3 aromatic heterocycles. The van der Waals surface area contributed by atoms with Gasteiger partial charge in [0.05, 0.1) is 12.3 Å². The first-order chi connectivity index (χ1) is 13.7. The summed E-state index contributed by atoms with van der Waals surface area (Å²) in [6.07, 6.45) is 0. The maximum atomic E-state index is 5.85. The molecule has 0 aliphatic heterocycles. The fourth-order valence-corrected chi connectivity index (χ4v) is 3.82. The van der Waals surface area contributed by atoms with Gasteiger partial charge >= 0.3 is 0 Å². The molecule has 0 aliphatic rings. The summed E-state index contributed by atoms with van der Waals surface area (Å²) < 4.78 is 1.76. The van der Waals surface area contributed by atoms with Crippen LogP contribution in [0.15, 0.2) is 46.9 Å². The molecule has 142 valence electrons. The number of benzene rings is 1. The second kappa shape index (κ2) is 8.31. The van der Waals surface area contributed by atoms with E-state index in [0.717, 1.165) is 5.69 Å². The Labute approximate surface area is 169 Å². The van der Waals surface area contributed by atoms with Crippen molar-refractivity contribution in [3.05, 3.63) is 58.0 Å². The molecule has 4 rings (SSSR count). The molecule has 0 spiro atoms. The van der Waals surface area contributed by atoms with Gasteiger partial charge in [-0.25, -0.2) is 4.68 Å². The summed E-state index contributed by atoms with van der Waals surface area (Å²) in [5.74, 6) is 1.60. The molecule has 9 nitrogen and oxygen atoms in total. The molecule has 4 aromatic rings. The van der Waals surface area contributed by atoms with Crippen molar-refractivity contribution in [3.8, 4) is 0 Å². The smallest absolute Gasteiger partial charge is 0.232 e. The highest BCUT2D eigenvalue weighted by Crippen LogP contribution is 2.21. The zero-order valence-electron chi connectivity index (χ0n) is 15.0. The van der Waals surface area contributed by atoms with E-state index in [9.17, 15) is 0 Å². The molecule has 0 atom stereocenters. The molecule has 28 heavy (non-hydrogen) atoms. The van der Waals surface area contributed by atoms with Crippen molar-refractivity contribution in [2.24, 2.45) is 0 Å². The summed E-state index contributed by atoms with van der Waals surface area (Å²) in [5, 5.41) is 17.8. The molecule has 1 aromatic carbocycles. The van der Waals surface area contributed by atoms with Gasteiger partial charge in [-0.3, -0.25) is 0 Å². The van der Waals surface area contributed by atoms with Crippen molar-refractivity contribution in [2.45, 2.75) is 24.4 Å². The predicted octanol–water partition coefficient (Wildman–Crippen LogP) is 2.89. The lowest BCUT2D eigenvalue weighted by Gasteiger charge is -2.07. The molecule has 0 radical (unpaired) electrons. The summed E-state index contributed by atoms with van der Waals surface area (Å²) in [5.41, 5.74) is 7.91. The highest BCUT2D eigenvalue weighted by molar-refractivity contribution is 7.98. The van der Waals surface area contributed by atoms with E-state index in [-0.39, 0.29) is 5.95 Å². The van der Waals surface area contributed by atoms with Crippen molar-refractivity contribution >= 4 is 40.7 Å². The molecule has 11 heteroatoms. The van der Waals surface area contributed by atoms with Gasteiger partial charge < -0.3 is 11.1 Å². The number of nitrogens with two attached hydrogens (primary N) is 1. The van der Waals surface area contributed by atoms with E-state index < -0.39 is 0 Å². The zero-order valence-corrected chi connectivity index (χ0v) is 16.6. The summed E-state index contributed by atoms with van der Waals surface area (Å²) in [4.78, 5) is 14.0. The third-order valence-electron chi connectivity index (χ3n) is 3.72. The Hall–Kier alpha value is -3.05. The van der Waals surface area contributed by atoms with Crippen LogP contribution in [-0.2, 0) is 12.3 Å². The molecular weight excluding hydrogens is 394 g/mol. The third kappa shape index (κ3) is 4.61. The zero-order chi connectivity index (χ0) is 19.3. The number of tetrazole rings is 1. The van der Waals surface area contributed by atoms with Crippen LogP contribution in [0.4, 0.5) is 17.6 Å². The minimum Gasteiger partial charge on any atom is -0.368 e. The van der Waals surface area contributed by atoms with Crippen molar-refractivity contribution in [1.29, 1.82) is 0 Å². The van der Waals surface area contributed by atoms with E-state index in [0.29, 0.717) is 29.2 Å². The lowest BCUT2D eigenvalue weighted by molar-refractivity contribution is 0.608. The van der Waals surface area contributed by atoms with Gasteiger partial charge in [0.25, 0.3) is 0 Å². The second-order valence-electron chi connectivity index (χ2n) is 5.91. The SMILES string of the molecule is Cc1ccc(Nc2nc(N)nc(CSc3nnnn3Cc3cccs3)n2)cc1. The number of hydrogen-bond acceptors (Lipinski definition) is 10. The maximum absolute atomic E-state index is 5.85. The van der Waals surface area contributed by atoms with Crippen LogP contribution in [0.5, 0.6) is 0 Å². The summed E-state index contributed by atoms with van der Waals surface area (Å²) in [6.45, 7) is 2.67. The van der Waals surface area contributed by atoms with Crippen LogP contribution in [0.2, 0.25) is 0 Å². The summed E-state index contributed by atoms with van der Waals surface area (Å²) >= 11 is 3.12. The second-order valence-corrected chi connectivity index (χ2v) is 7.89. The molecule has 3 heterocycles. The highest BCUT2D eigenvalue weighted by atomic mass is 32.2. The fraction of sp³-hybridized carbons (Fsp3) is 0.176.